The number of aromatic nitrogens is 2. The van der Waals surface area contributed by atoms with Crippen LogP contribution in [0.25, 0.3) is 11.0 Å². The number of ether oxygens (including phenoxy) is 1. The molecule has 0 aliphatic rings. The number of aromatic hydroxyl groups is 1. The predicted molar refractivity (Wildman–Crippen MR) is 102 cm³/mol. The molecule has 3 rings (SSSR count). The van der Waals surface area contributed by atoms with Gasteiger partial charge in [0.15, 0.2) is 5.16 Å². The standard InChI is InChI=1S/C18H17N3O5S/c1-2-26-11-4-5-13-14(8-11)21-18(20-13)27-9-16(23)19-10-3-6-15(22)12(7-10)17(24)25/h3-8,22H,2,9H2,1H3,(H,19,23)(H,20,21)(H,24,25). The number of nitrogens with zero attached hydrogens (tertiary/aromatic N) is 1. The number of thioether (sulfide) groups is 1. The Hall–Kier alpha value is -3.20. The van der Waals surface area contributed by atoms with Gasteiger partial charge in [-0.2, -0.15) is 0 Å². The number of carbonyl (C=O) groups is 2. The Bertz CT molecular complexity index is 1000. The van der Waals surface area contributed by atoms with Gasteiger partial charge >= 0.3 is 5.97 Å². The lowest BCUT2D eigenvalue weighted by atomic mass is 10.2. The Labute approximate surface area is 158 Å². The van der Waals surface area contributed by atoms with Gasteiger partial charge < -0.3 is 25.3 Å². The van der Waals surface area contributed by atoms with Gasteiger partial charge in [-0.3, -0.25) is 4.79 Å². The number of imidazole rings is 1. The Morgan fingerprint density at radius 1 is 1.26 bits per heavy atom. The molecular formula is C18H17N3O5S. The number of carbonyl (C=O) groups excluding carboxylic acids is 1. The highest BCUT2D eigenvalue weighted by molar-refractivity contribution is 7.99. The summed E-state index contributed by atoms with van der Waals surface area (Å²) in [5.41, 5.74) is 1.60. The summed E-state index contributed by atoms with van der Waals surface area (Å²) < 4.78 is 5.44. The van der Waals surface area contributed by atoms with Crippen molar-refractivity contribution in [2.45, 2.75) is 12.1 Å². The molecule has 1 aromatic heterocycles. The zero-order valence-corrected chi connectivity index (χ0v) is 15.2. The number of phenols is 1. The number of hydrogen-bond acceptors (Lipinski definition) is 6. The summed E-state index contributed by atoms with van der Waals surface area (Å²) in [4.78, 5) is 30.7. The molecule has 0 saturated heterocycles. The zero-order chi connectivity index (χ0) is 19.4. The Balaban J connectivity index is 1.63. The molecule has 1 heterocycles. The van der Waals surface area contributed by atoms with E-state index >= 15 is 0 Å². The number of aromatic amines is 1. The monoisotopic (exact) mass is 387 g/mol. The minimum atomic E-state index is -1.27. The van der Waals surface area contributed by atoms with E-state index in [0.29, 0.717) is 17.5 Å². The maximum Gasteiger partial charge on any atom is 0.339 e. The van der Waals surface area contributed by atoms with E-state index in [1.54, 1.807) is 0 Å². The first-order valence-electron chi connectivity index (χ1n) is 8.08. The number of amides is 1. The van der Waals surface area contributed by atoms with E-state index in [1.165, 1.54) is 30.0 Å². The summed E-state index contributed by atoms with van der Waals surface area (Å²) in [6.07, 6.45) is 0. The number of nitrogens with one attached hydrogen (secondary N) is 2. The first-order valence-corrected chi connectivity index (χ1v) is 9.06. The van der Waals surface area contributed by atoms with Crippen LogP contribution in [-0.2, 0) is 4.79 Å². The van der Waals surface area contributed by atoms with Crippen molar-refractivity contribution in [1.29, 1.82) is 0 Å². The van der Waals surface area contributed by atoms with Crippen molar-refractivity contribution < 1.29 is 24.5 Å². The van der Waals surface area contributed by atoms with E-state index in [4.69, 9.17) is 9.84 Å². The van der Waals surface area contributed by atoms with Crippen molar-refractivity contribution in [1.82, 2.24) is 9.97 Å². The molecular weight excluding hydrogens is 370 g/mol. The molecule has 1 amide bonds. The summed E-state index contributed by atoms with van der Waals surface area (Å²) in [6, 6.07) is 9.39. The number of rotatable bonds is 7. The molecule has 140 valence electrons. The van der Waals surface area contributed by atoms with Crippen molar-refractivity contribution >= 4 is 40.4 Å². The van der Waals surface area contributed by atoms with E-state index in [2.05, 4.69) is 15.3 Å². The van der Waals surface area contributed by atoms with Crippen LogP contribution in [0.4, 0.5) is 5.69 Å². The molecule has 0 bridgehead atoms. The Kier molecular flexibility index (Phi) is 5.51. The number of hydrogen-bond donors (Lipinski definition) is 4. The molecule has 3 aromatic rings. The smallest absolute Gasteiger partial charge is 0.339 e. The maximum absolute atomic E-state index is 12.1. The molecule has 0 aliphatic heterocycles. The summed E-state index contributed by atoms with van der Waals surface area (Å²) in [7, 11) is 0. The van der Waals surface area contributed by atoms with E-state index < -0.39 is 5.97 Å². The van der Waals surface area contributed by atoms with Crippen molar-refractivity contribution in [3.63, 3.8) is 0 Å². The first-order chi connectivity index (χ1) is 13.0. The van der Waals surface area contributed by atoms with Gasteiger partial charge in [-0.25, -0.2) is 9.78 Å². The van der Waals surface area contributed by atoms with Crippen LogP contribution in [-0.4, -0.2) is 44.4 Å². The van der Waals surface area contributed by atoms with Crippen LogP contribution in [0.2, 0.25) is 0 Å². The molecule has 0 fully saturated rings. The van der Waals surface area contributed by atoms with Gasteiger partial charge in [0.25, 0.3) is 0 Å². The predicted octanol–water partition coefficient (Wildman–Crippen LogP) is 3.10. The highest BCUT2D eigenvalue weighted by atomic mass is 32.2. The van der Waals surface area contributed by atoms with Crippen LogP contribution in [0.1, 0.15) is 17.3 Å². The van der Waals surface area contributed by atoms with Gasteiger partial charge in [-0.1, -0.05) is 11.8 Å². The largest absolute Gasteiger partial charge is 0.507 e. The molecule has 27 heavy (non-hydrogen) atoms. The average Bonchev–Trinajstić information content (AvgIpc) is 3.04. The molecule has 0 spiro atoms. The number of carboxylic acid groups (broad SMARTS) is 1. The normalized spacial score (nSPS) is 10.7. The van der Waals surface area contributed by atoms with E-state index in [-0.39, 0.29) is 23.0 Å². The summed E-state index contributed by atoms with van der Waals surface area (Å²) in [5, 5.41) is 21.7. The van der Waals surface area contributed by atoms with Gasteiger partial charge in [0, 0.05) is 11.8 Å². The highest BCUT2D eigenvalue weighted by Crippen LogP contribution is 2.24. The first kappa shape index (κ1) is 18.6. The Morgan fingerprint density at radius 2 is 2.07 bits per heavy atom. The van der Waals surface area contributed by atoms with Gasteiger partial charge in [-0.05, 0) is 37.3 Å². The maximum atomic E-state index is 12.1. The third-order valence-electron chi connectivity index (χ3n) is 3.59. The fraction of sp³-hybridized carbons (Fsp3) is 0.167. The molecule has 0 aliphatic carbocycles. The van der Waals surface area contributed by atoms with Crippen LogP contribution in [0.3, 0.4) is 0 Å². The van der Waals surface area contributed by atoms with Crippen molar-refractivity contribution in [2.24, 2.45) is 0 Å². The summed E-state index contributed by atoms with van der Waals surface area (Å²) in [6.45, 7) is 2.47. The van der Waals surface area contributed by atoms with Crippen molar-refractivity contribution in [3.8, 4) is 11.5 Å². The van der Waals surface area contributed by atoms with Crippen LogP contribution in [0.15, 0.2) is 41.6 Å². The molecule has 0 saturated carbocycles. The lowest BCUT2D eigenvalue weighted by molar-refractivity contribution is -0.113. The van der Waals surface area contributed by atoms with Crippen LogP contribution < -0.4 is 10.1 Å². The minimum absolute atomic E-state index is 0.0847. The van der Waals surface area contributed by atoms with E-state index in [1.807, 2.05) is 25.1 Å². The lowest BCUT2D eigenvalue weighted by Gasteiger charge is -2.06. The van der Waals surface area contributed by atoms with Crippen LogP contribution in [0, 0.1) is 0 Å². The van der Waals surface area contributed by atoms with Crippen molar-refractivity contribution in [2.75, 3.05) is 17.7 Å². The fourth-order valence-electron chi connectivity index (χ4n) is 2.40. The highest BCUT2D eigenvalue weighted by Gasteiger charge is 2.12. The van der Waals surface area contributed by atoms with Gasteiger partial charge in [0.2, 0.25) is 5.91 Å². The topological polar surface area (TPSA) is 125 Å². The van der Waals surface area contributed by atoms with Crippen LogP contribution >= 0.6 is 11.8 Å². The van der Waals surface area contributed by atoms with Crippen LogP contribution in [0.5, 0.6) is 11.5 Å². The van der Waals surface area contributed by atoms with E-state index in [0.717, 1.165) is 16.8 Å². The fourth-order valence-corrected chi connectivity index (χ4v) is 3.09. The number of H-pyrrole nitrogens is 1. The van der Waals surface area contributed by atoms with Crippen molar-refractivity contribution in [3.05, 3.63) is 42.0 Å². The molecule has 9 heteroatoms. The number of carboxylic acids is 1. The second-order valence-corrected chi connectivity index (χ2v) is 6.49. The number of anilines is 1. The molecule has 0 unspecified atom stereocenters. The molecule has 4 N–H and O–H groups in total. The second-order valence-electron chi connectivity index (χ2n) is 5.53. The third-order valence-corrected chi connectivity index (χ3v) is 4.47. The molecule has 2 aromatic carbocycles. The minimum Gasteiger partial charge on any atom is -0.507 e. The Morgan fingerprint density at radius 3 is 2.81 bits per heavy atom. The number of fused-ring (bicyclic) bond motifs is 1. The molecule has 0 radical (unpaired) electrons. The van der Waals surface area contributed by atoms with Gasteiger partial charge in [0.1, 0.15) is 17.1 Å². The average molecular weight is 387 g/mol. The molecule has 0 atom stereocenters. The molecule has 8 nitrogen and oxygen atoms in total. The van der Waals surface area contributed by atoms with E-state index in [9.17, 15) is 14.7 Å². The third kappa shape index (κ3) is 4.50. The van der Waals surface area contributed by atoms with Gasteiger partial charge in [0.05, 0.1) is 23.4 Å². The second kappa shape index (κ2) is 8.00. The summed E-state index contributed by atoms with van der Waals surface area (Å²) >= 11 is 1.22. The quantitative estimate of drug-likeness (QED) is 0.363. The van der Waals surface area contributed by atoms with Gasteiger partial charge in [-0.15, -0.1) is 0 Å². The number of benzene rings is 2. The summed E-state index contributed by atoms with van der Waals surface area (Å²) in [5.74, 6) is -1.14. The lowest BCUT2D eigenvalue weighted by Crippen LogP contribution is -2.14. The zero-order valence-electron chi connectivity index (χ0n) is 14.4. The SMILES string of the molecule is CCOc1ccc2[nH]c(SCC(=O)Nc3ccc(O)c(C(=O)O)c3)nc2c1. The number of aromatic carboxylic acids is 1.